The molecule has 5 heteroatoms. The molecule has 1 heterocycles. The van der Waals surface area contributed by atoms with Gasteiger partial charge in [0.1, 0.15) is 11.6 Å². The van der Waals surface area contributed by atoms with Crippen molar-refractivity contribution in [2.45, 2.75) is 33.2 Å². The molecule has 0 fully saturated rings. The van der Waals surface area contributed by atoms with Crippen LogP contribution < -0.4 is 10.5 Å². The van der Waals surface area contributed by atoms with Crippen LogP contribution in [0.15, 0.2) is 24.3 Å². The third kappa shape index (κ3) is 3.24. The first kappa shape index (κ1) is 15.1. The highest BCUT2D eigenvalue weighted by Crippen LogP contribution is 2.22. The van der Waals surface area contributed by atoms with Gasteiger partial charge in [0.2, 0.25) is 0 Å². The number of nitrogen functional groups attached to an aromatic ring is 1. The van der Waals surface area contributed by atoms with Crippen molar-refractivity contribution in [3.05, 3.63) is 46.8 Å². The number of aromatic nitrogens is 2. The lowest BCUT2D eigenvalue weighted by Crippen LogP contribution is -2.13. The number of nitrogens with zero attached hydrogens (tertiary/aromatic N) is 2. The van der Waals surface area contributed by atoms with Crippen molar-refractivity contribution >= 4 is 5.84 Å². The van der Waals surface area contributed by atoms with E-state index in [4.69, 9.17) is 15.9 Å². The highest BCUT2D eigenvalue weighted by molar-refractivity contribution is 5.95. The fourth-order valence-corrected chi connectivity index (χ4v) is 2.34. The highest BCUT2D eigenvalue weighted by Gasteiger charge is 2.11. The van der Waals surface area contributed by atoms with Crippen molar-refractivity contribution in [3.63, 3.8) is 0 Å². The lowest BCUT2D eigenvalue weighted by Gasteiger charge is -2.12. The van der Waals surface area contributed by atoms with Gasteiger partial charge < -0.3 is 10.5 Å². The van der Waals surface area contributed by atoms with Crippen molar-refractivity contribution in [1.29, 1.82) is 5.41 Å². The Morgan fingerprint density at radius 2 is 2.05 bits per heavy atom. The predicted octanol–water partition coefficient (Wildman–Crippen LogP) is 2.35. The minimum Gasteiger partial charge on any atom is -0.496 e. The average molecular weight is 286 g/mol. The molecule has 3 N–H and O–H groups in total. The summed E-state index contributed by atoms with van der Waals surface area (Å²) in [4.78, 5) is 0. The van der Waals surface area contributed by atoms with Crippen LogP contribution in [0.25, 0.3) is 0 Å². The van der Waals surface area contributed by atoms with E-state index in [1.165, 1.54) is 5.69 Å². The van der Waals surface area contributed by atoms with Gasteiger partial charge in [-0.2, -0.15) is 5.10 Å². The Balaban J connectivity index is 2.39. The lowest BCUT2D eigenvalue weighted by molar-refractivity contribution is 0.407. The van der Waals surface area contributed by atoms with Gasteiger partial charge in [-0.3, -0.25) is 10.1 Å². The van der Waals surface area contributed by atoms with Gasteiger partial charge in [-0.1, -0.05) is 13.8 Å². The predicted molar refractivity (Wildman–Crippen MR) is 84.1 cm³/mol. The Bertz CT molecular complexity index is 646. The quantitative estimate of drug-likeness (QED) is 0.632. The molecule has 5 nitrogen and oxygen atoms in total. The Labute approximate surface area is 125 Å². The van der Waals surface area contributed by atoms with Gasteiger partial charge in [0, 0.05) is 16.8 Å². The summed E-state index contributed by atoms with van der Waals surface area (Å²) < 4.78 is 7.41. The largest absolute Gasteiger partial charge is 0.496 e. The van der Waals surface area contributed by atoms with Crippen molar-refractivity contribution in [3.8, 4) is 5.75 Å². The minimum absolute atomic E-state index is 0.0596. The second kappa shape index (κ2) is 6.43. The minimum atomic E-state index is 0.0596. The number of methoxy groups -OCH3 is 1. The van der Waals surface area contributed by atoms with Crippen LogP contribution in [-0.2, 0) is 19.4 Å². The van der Waals surface area contributed by atoms with E-state index in [-0.39, 0.29) is 5.84 Å². The molecule has 2 rings (SSSR count). The van der Waals surface area contributed by atoms with Gasteiger partial charge >= 0.3 is 0 Å². The number of aryl methyl sites for hydroxylation is 2. The summed E-state index contributed by atoms with van der Waals surface area (Å²) in [6.45, 7) is 4.84. The zero-order valence-corrected chi connectivity index (χ0v) is 12.8. The lowest BCUT2D eigenvalue weighted by atomic mass is 10.1. The molecule has 0 aliphatic rings. The molecule has 1 aromatic heterocycles. The summed E-state index contributed by atoms with van der Waals surface area (Å²) in [5.74, 6) is 0.847. The molecule has 0 aliphatic heterocycles. The molecule has 2 aromatic rings. The van der Waals surface area contributed by atoms with Gasteiger partial charge in [-0.05, 0) is 37.1 Å². The molecule has 0 saturated heterocycles. The molecule has 0 radical (unpaired) electrons. The van der Waals surface area contributed by atoms with E-state index in [2.05, 4.69) is 25.0 Å². The van der Waals surface area contributed by atoms with Crippen LogP contribution in [-0.4, -0.2) is 22.7 Å². The standard InChI is InChI=1S/C16H22N4O/c1-4-13-9-14(5-2)20(19-13)10-12-8-11(16(17)18)6-7-15(12)21-3/h6-9H,4-5,10H2,1-3H3,(H3,17,18). The first-order valence-electron chi connectivity index (χ1n) is 7.15. The number of benzene rings is 1. The van der Waals surface area contributed by atoms with Gasteiger partial charge in [-0.25, -0.2) is 0 Å². The fraction of sp³-hybridized carbons (Fsp3) is 0.375. The van der Waals surface area contributed by atoms with Crippen LogP contribution in [0.1, 0.15) is 36.4 Å². The molecule has 21 heavy (non-hydrogen) atoms. The molecule has 112 valence electrons. The maximum absolute atomic E-state index is 7.57. The molecule has 0 aliphatic carbocycles. The third-order valence-corrected chi connectivity index (χ3v) is 3.55. The Kier molecular flexibility index (Phi) is 4.62. The maximum atomic E-state index is 7.57. The van der Waals surface area contributed by atoms with Crippen LogP contribution in [0.5, 0.6) is 5.75 Å². The molecule has 1 aromatic carbocycles. The average Bonchev–Trinajstić information content (AvgIpc) is 2.89. The van der Waals surface area contributed by atoms with E-state index in [0.29, 0.717) is 12.1 Å². The molecular weight excluding hydrogens is 264 g/mol. The normalized spacial score (nSPS) is 10.6. The van der Waals surface area contributed by atoms with E-state index in [1.807, 2.05) is 16.8 Å². The highest BCUT2D eigenvalue weighted by atomic mass is 16.5. The first-order chi connectivity index (χ1) is 10.1. The van der Waals surface area contributed by atoms with Crippen molar-refractivity contribution in [1.82, 2.24) is 9.78 Å². The van der Waals surface area contributed by atoms with E-state index in [1.54, 1.807) is 13.2 Å². The molecule has 0 atom stereocenters. The second-order valence-electron chi connectivity index (χ2n) is 4.93. The van der Waals surface area contributed by atoms with Crippen molar-refractivity contribution in [2.24, 2.45) is 5.73 Å². The van der Waals surface area contributed by atoms with Gasteiger partial charge in [0.05, 0.1) is 19.3 Å². The van der Waals surface area contributed by atoms with E-state index in [0.717, 1.165) is 29.8 Å². The monoisotopic (exact) mass is 286 g/mol. The first-order valence-corrected chi connectivity index (χ1v) is 7.15. The van der Waals surface area contributed by atoms with Crippen LogP contribution in [0.4, 0.5) is 0 Å². The number of amidine groups is 1. The molecular formula is C16H22N4O. The van der Waals surface area contributed by atoms with Crippen molar-refractivity contribution < 1.29 is 4.74 Å². The van der Waals surface area contributed by atoms with Crippen LogP contribution in [0.2, 0.25) is 0 Å². The fourth-order valence-electron chi connectivity index (χ4n) is 2.34. The summed E-state index contributed by atoms with van der Waals surface area (Å²) in [5, 5.41) is 12.2. The van der Waals surface area contributed by atoms with Crippen LogP contribution in [0.3, 0.4) is 0 Å². The van der Waals surface area contributed by atoms with Crippen LogP contribution >= 0.6 is 0 Å². The van der Waals surface area contributed by atoms with E-state index >= 15 is 0 Å². The van der Waals surface area contributed by atoms with Gasteiger partial charge in [0.25, 0.3) is 0 Å². The topological polar surface area (TPSA) is 76.9 Å². The summed E-state index contributed by atoms with van der Waals surface area (Å²) in [5.41, 5.74) is 9.54. The number of rotatable bonds is 6. The van der Waals surface area contributed by atoms with Crippen molar-refractivity contribution in [2.75, 3.05) is 7.11 Å². The van der Waals surface area contributed by atoms with E-state index in [9.17, 15) is 0 Å². The summed E-state index contributed by atoms with van der Waals surface area (Å²) in [6.07, 6.45) is 1.85. The number of hydrogen-bond acceptors (Lipinski definition) is 3. The molecule has 0 unspecified atom stereocenters. The number of nitrogens with one attached hydrogen (secondary N) is 1. The third-order valence-electron chi connectivity index (χ3n) is 3.55. The Hall–Kier alpha value is -2.30. The SMILES string of the molecule is CCc1cc(CC)n(Cc2cc(C(=N)N)ccc2OC)n1. The number of hydrogen-bond donors (Lipinski definition) is 2. The van der Waals surface area contributed by atoms with Gasteiger partial charge in [0.15, 0.2) is 0 Å². The molecule has 0 bridgehead atoms. The van der Waals surface area contributed by atoms with E-state index < -0.39 is 0 Å². The number of nitrogens with two attached hydrogens (primary N) is 1. The summed E-state index contributed by atoms with van der Waals surface area (Å²) >= 11 is 0. The zero-order valence-electron chi connectivity index (χ0n) is 12.8. The number of ether oxygens (including phenoxy) is 1. The Morgan fingerprint density at radius 1 is 1.29 bits per heavy atom. The molecule has 0 amide bonds. The summed E-state index contributed by atoms with van der Waals surface area (Å²) in [7, 11) is 1.65. The molecule has 0 saturated carbocycles. The van der Waals surface area contributed by atoms with Gasteiger partial charge in [-0.15, -0.1) is 0 Å². The maximum Gasteiger partial charge on any atom is 0.123 e. The summed E-state index contributed by atoms with van der Waals surface area (Å²) in [6, 6.07) is 7.68. The Morgan fingerprint density at radius 3 is 2.62 bits per heavy atom. The smallest absolute Gasteiger partial charge is 0.123 e. The zero-order chi connectivity index (χ0) is 15.4. The molecule has 0 spiro atoms. The van der Waals surface area contributed by atoms with Crippen LogP contribution in [0, 0.1) is 5.41 Å². The second-order valence-corrected chi connectivity index (χ2v) is 4.93.